The minimum absolute atomic E-state index is 0.210. The van der Waals surface area contributed by atoms with Crippen molar-refractivity contribution in [3.8, 4) is 11.4 Å². The minimum atomic E-state index is -0.447. The lowest BCUT2D eigenvalue weighted by atomic mass is 10.2. The molecule has 0 aliphatic heterocycles. The maximum Gasteiger partial charge on any atom is 0.205 e. The van der Waals surface area contributed by atoms with E-state index in [-0.39, 0.29) is 11.7 Å². The Kier molecular flexibility index (Phi) is 3.43. The topological polar surface area (TPSA) is 53.1 Å². The number of rotatable bonds is 3. The number of nitrogen functional groups attached to an aromatic ring is 1. The number of benzene rings is 2. The lowest BCUT2D eigenvalue weighted by Gasteiger charge is -2.09. The number of fused-ring (bicyclic) bond motifs is 1. The molecule has 1 aromatic heterocycles. The van der Waals surface area contributed by atoms with Gasteiger partial charge in [-0.15, -0.1) is 0 Å². The van der Waals surface area contributed by atoms with E-state index >= 15 is 0 Å². The third kappa shape index (κ3) is 2.29. The zero-order chi connectivity index (χ0) is 15.0. The number of hydrogen-bond donors (Lipinski definition) is 1. The second-order valence-electron chi connectivity index (χ2n) is 4.46. The van der Waals surface area contributed by atoms with Crippen LogP contribution in [0.4, 0.5) is 10.3 Å². The molecule has 0 atom stereocenters. The number of ether oxygens (including phenoxy) is 1. The van der Waals surface area contributed by atoms with E-state index in [9.17, 15) is 4.39 Å². The molecule has 3 aromatic rings. The highest BCUT2D eigenvalue weighted by Crippen LogP contribution is 2.29. The standard InChI is InChI=1S/C15H13ClFN3O/c1-2-21-13-7-6-9(8-11(13)17)20-12-5-3-4-10(16)14(12)19-15(20)18/h3-8H,2H2,1H3,(H2,18,19). The van der Waals surface area contributed by atoms with Crippen molar-refractivity contribution < 1.29 is 9.13 Å². The number of halogens is 2. The number of imidazole rings is 1. The van der Waals surface area contributed by atoms with E-state index in [2.05, 4.69) is 4.98 Å². The van der Waals surface area contributed by atoms with Crippen LogP contribution >= 0.6 is 11.6 Å². The zero-order valence-corrected chi connectivity index (χ0v) is 12.1. The summed E-state index contributed by atoms with van der Waals surface area (Å²) in [6.07, 6.45) is 0. The van der Waals surface area contributed by atoms with E-state index in [1.807, 2.05) is 6.07 Å². The van der Waals surface area contributed by atoms with Crippen LogP contribution in [0.15, 0.2) is 36.4 Å². The van der Waals surface area contributed by atoms with E-state index in [4.69, 9.17) is 22.1 Å². The van der Waals surface area contributed by atoms with Crippen molar-refractivity contribution in [2.75, 3.05) is 12.3 Å². The predicted molar refractivity (Wildman–Crippen MR) is 81.6 cm³/mol. The molecule has 108 valence electrons. The summed E-state index contributed by atoms with van der Waals surface area (Å²) in [4.78, 5) is 4.23. The summed E-state index contributed by atoms with van der Waals surface area (Å²) in [6.45, 7) is 2.21. The molecule has 0 radical (unpaired) electrons. The van der Waals surface area contributed by atoms with E-state index in [0.717, 1.165) is 5.52 Å². The van der Waals surface area contributed by atoms with Crippen molar-refractivity contribution in [1.82, 2.24) is 9.55 Å². The Balaban J connectivity index is 2.19. The largest absolute Gasteiger partial charge is 0.491 e. The highest BCUT2D eigenvalue weighted by molar-refractivity contribution is 6.35. The van der Waals surface area contributed by atoms with Gasteiger partial charge in [0.2, 0.25) is 5.95 Å². The fourth-order valence-corrected chi connectivity index (χ4v) is 2.47. The Hall–Kier alpha value is -2.27. The van der Waals surface area contributed by atoms with E-state index in [1.54, 1.807) is 35.8 Å². The van der Waals surface area contributed by atoms with Crippen molar-refractivity contribution in [1.29, 1.82) is 0 Å². The lowest BCUT2D eigenvalue weighted by molar-refractivity contribution is 0.321. The van der Waals surface area contributed by atoms with Crippen LogP contribution < -0.4 is 10.5 Å². The normalized spacial score (nSPS) is 11.0. The molecule has 2 N–H and O–H groups in total. The molecule has 6 heteroatoms. The summed E-state index contributed by atoms with van der Waals surface area (Å²) in [6, 6.07) is 10.0. The first kappa shape index (κ1) is 13.7. The fourth-order valence-electron chi connectivity index (χ4n) is 2.26. The van der Waals surface area contributed by atoms with Crippen LogP contribution in [-0.4, -0.2) is 16.2 Å². The Bertz CT molecular complexity index is 816. The highest BCUT2D eigenvalue weighted by atomic mass is 35.5. The maximum atomic E-state index is 14.0. The first-order valence-electron chi connectivity index (χ1n) is 6.47. The maximum absolute atomic E-state index is 14.0. The van der Waals surface area contributed by atoms with E-state index in [0.29, 0.717) is 22.8 Å². The Morgan fingerprint density at radius 3 is 2.86 bits per heavy atom. The molecule has 0 spiro atoms. The summed E-state index contributed by atoms with van der Waals surface area (Å²) in [5, 5.41) is 0.504. The SMILES string of the molecule is CCOc1ccc(-n2c(N)nc3c(Cl)cccc32)cc1F. The van der Waals surface area contributed by atoms with Gasteiger partial charge in [-0.3, -0.25) is 4.57 Å². The molecular weight excluding hydrogens is 293 g/mol. The summed E-state index contributed by atoms with van der Waals surface area (Å²) >= 11 is 6.10. The third-order valence-corrected chi connectivity index (χ3v) is 3.44. The van der Waals surface area contributed by atoms with Gasteiger partial charge in [-0.05, 0) is 31.2 Å². The first-order chi connectivity index (χ1) is 10.1. The molecule has 1 heterocycles. The lowest BCUT2D eigenvalue weighted by Crippen LogP contribution is -2.02. The van der Waals surface area contributed by atoms with Crippen molar-refractivity contribution >= 4 is 28.6 Å². The van der Waals surface area contributed by atoms with Gasteiger partial charge in [0.1, 0.15) is 5.52 Å². The van der Waals surface area contributed by atoms with Crippen molar-refractivity contribution in [2.45, 2.75) is 6.92 Å². The number of hydrogen-bond acceptors (Lipinski definition) is 3. The van der Waals surface area contributed by atoms with Gasteiger partial charge in [0.15, 0.2) is 11.6 Å². The second kappa shape index (κ2) is 5.26. The average Bonchev–Trinajstić information content (AvgIpc) is 2.79. The summed E-state index contributed by atoms with van der Waals surface area (Å²) in [7, 11) is 0. The molecule has 0 bridgehead atoms. The van der Waals surface area contributed by atoms with Crippen LogP contribution in [0.5, 0.6) is 5.75 Å². The van der Waals surface area contributed by atoms with Crippen molar-refractivity contribution in [3.05, 3.63) is 47.2 Å². The Morgan fingerprint density at radius 1 is 1.33 bits per heavy atom. The van der Waals surface area contributed by atoms with Crippen LogP contribution in [0.2, 0.25) is 5.02 Å². The molecule has 0 fully saturated rings. The molecular formula is C15H13ClFN3O. The van der Waals surface area contributed by atoms with Gasteiger partial charge >= 0.3 is 0 Å². The van der Waals surface area contributed by atoms with Gasteiger partial charge < -0.3 is 10.5 Å². The van der Waals surface area contributed by atoms with Gasteiger partial charge in [0.05, 0.1) is 22.8 Å². The molecule has 0 saturated carbocycles. The van der Waals surface area contributed by atoms with Crippen molar-refractivity contribution in [2.24, 2.45) is 0 Å². The molecule has 4 nitrogen and oxygen atoms in total. The smallest absolute Gasteiger partial charge is 0.205 e. The first-order valence-corrected chi connectivity index (χ1v) is 6.84. The Labute approximate surface area is 125 Å². The molecule has 0 aliphatic carbocycles. The van der Waals surface area contributed by atoms with Crippen LogP contribution in [0.1, 0.15) is 6.92 Å². The fraction of sp³-hybridized carbons (Fsp3) is 0.133. The van der Waals surface area contributed by atoms with Gasteiger partial charge in [-0.2, -0.15) is 0 Å². The van der Waals surface area contributed by atoms with Crippen LogP contribution in [0.25, 0.3) is 16.7 Å². The quantitative estimate of drug-likeness (QED) is 0.801. The third-order valence-electron chi connectivity index (χ3n) is 3.14. The second-order valence-corrected chi connectivity index (χ2v) is 4.87. The number of anilines is 1. The van der Waals surface area contributed by atoms with Gasteiger partial charge in [0.25, 0.3) is 0 Å². The van der Waals surface area contributed by atoms with E-state index in [1.165, 1.54) is 6.07 Å². The van der Waals surface area contributed by atoms with Gasteiger partial charge in [-0.1, -0.05) is 17.7 Å². The molecule has 0 unspecified atom stereocenters. The summed E-state index contributed by atoms with van der Waals surface area (Å²) in [5.41, 5.74) is 7.82. The van der Waals surface area contributed by atoms with E-state index < -0.39 is 5.82 Å². The predicted octanol–water partition coefficient (Wildman–Crippen LogP) is 3.80. The monoisotopic (exact) mass is 305 g/mol. The zero-order valence-electron chi connectivity index (χ0n) is 11.3. The van der Waals surface area contributed by atoms with Gasteiger partial charge in [-0.25, -0.2) is 9.37 Å². The molecule has 0 amide bonds. The summed E-state index contributed by atoms with van der Waals surface area (Å²) < 4.78 is 20.9. The number of nitrogens with zero attached hydrogens (tertiary/aromatic N) is 2. The number of aromatic nitrogens is 2. The van der Waals surface area contributed by atoms with Crippen LogP contribution in [0, 0.1) is 5.82 Å². The van der Waals surface area contributed by atoms with Crippen molar-refractivity contribution in [3.63, 3.8) is 0 Å². The Morgan fingerprint density at radius 2 is 2.14 bits per heavy atom. The average molecular weight is 306 g/mol. The number of para-hydroxylation sites is 1. The van der Waals surface area contributed by atoms with Gasteiger partial charge in [0, 0.05) is 6.07 Å². The highest BCUT2D eigenvalue weighted by Gasteiger charge is 2.14. The number of nitrogens with two attached hydrogens (primary N) is 1. The summed E-state index contributed by atoms with van der Waals surface area (Å²) in [5.74, 6) is 0.0153. The molecule has 0 saturated heterocycles. The molecule has 3 rings (SSSR count). The molecule has 2 aromatic carbocycles. The van der Waals surface area contributed by atoms with Crippen LogP contribution in [-0.2, 0) is 0 Å². The minimum Gasteiger partial charge on any atom is -0.491 e. The van der Waals surface area contributed by atoms with Crippen LogP contribution in [0.3, 0.4) is 0 Å². The molecule has 0 aliphatic rings. The molecule has 21 heavy (non-hydrogen) atoms.